The summed E-state index contributed by atoms with van der Waals surface area (Å²) in [5, 5.41) is 3.05. The number of hydrogen-bond acceptors (Lipinski definition) is 3. The fourth-order valence-electron chi connectivity index (χ4n) is 0.521. The van der Waals surface area contributed by atoms with E-state index in [4.69, 9.17) is 9.26 Å². The zero-order chi connectivity index (χ0) is 10.7. The van der Waals surface area contributed by atoms with Crippen molar-refractivity contribution in [2.45, 2.75) is 0 Å². The molecule has 1 N–H and O–H groups in total. The Labute approximate surface area is 81.2 Å². The third-order valence-electron chi connectivity index (χ3n) is 1.43. The maximum absolute atomic E-state index is 5.48. The lowest BCUT2D eigenvalue weighted by atomic mass is 10.8. The van der Waals surface area contributed by atoms with Gasteiger partial charge in [0.2, 0.25) is 0 Å². The summed E-state index contributed by atoms with van der Waals surface area (Å²) in [6.45, 7) is 3.19. The van der Waals surface area contributed by atoms with Crippen LogP contribution in [-0.2, 0) is 9.26 Å². The quantitative estimate of drug-likeness (QED) is 0.420. The van der Waals surface area contributed by atoms with E-state index in [0.717, 1.165) is 0 Å². The summed E-state index contributed by atoms with van der Waals surface area (Å²) in [4.78, 5) is 0. The molecule has 0 aliphatic rings. The molecule has 0 radical (unpaired) electrons. The van der Waals surface area contributed by atoms with Gasteiger partial charge in [-0.25, -0.2) is 0 Å². The molecule has 0 saturated carbocycles. The summed E-state index contributed by atoms with van der Waals surface area (Å²) in [5.74, 6) is 0. The van der Waals surface area contributed by atoms with Gasteiger partial charge in [-0.2, -0.15) is 0 Å². The highest BCUT2D eigenvalue weighted by molar-refractivity contribution is 7.58. The molecule has 1 unspecified atom stereocenters. The van der Waals surface area contributed by atoms with Crippen LogP contribution in [0.15, 0.2) is 4.74 Å². The molecule has 0 aliphatic heterocycles. The van der Waals surface area contributed by atoms with E-state index in [1.54, 1.807) is 14.2 Å². The molecule has 5 heteroatoms. The largest absolute Gasteiger partial charge is 0.382 e. The van der Waals surface area contributed by atoms with E-state index in [-0.39, 0.29) is 0 Å². The highest BCUT2D eigenvalue weighted by atomic mass is 31.2. The molecule has 1 atom stereocenters. The van der Waals surface area contributed by atoms with E-state index < -0.39 is 7.43 Å². The minimum atomic E-state index is -1.67. The maximum atomic E-state index is 5.48. The molecule has 0 saturated heterocycles. The first-order valence-electron chi connectivity index (χ1n) is 3.82. The minimum absolute atomic E-state index is 0.596. The summed E-state index contributed by atoms with van der Waals surface area (Å²) in [7, 11) is 3.60. The normalized spacial score (nSPS) is 13.7. The van der Waals surface area contributed by atoms with Crippen molar-refractivity contribution in [3.63, 3.8) is 0 Å². The van der Waals surface area contributed by atoms with Gasteiger partial charge >= 0.3 is 0 Å². The fraction of sp³-hybridized carbons (Fsp3) is 0.750. The number of hydrogen-bond donors (Lipinski definition) is 1. The van der Waals surface area contributed by atoms with Gasteiger partial charge in [0.15, 0.2) is 0 Å². The SMILES string of the molecule is C#C.CN=P(C)(NC)OCCOC. The number of rotatable bonds is 5. The Hall–Kier alpha value is -0.330. The van der Waals surface area contributed by atoms with Crippen molar-refractivity contribution >= 4 is 7.43 Å². The van der Waals surface area contributed by atoms with Crippen LogP contribution in [-0.4, -0.2) is 41.1 Å². The highest BCUT2D eigenvalue weighted by Crippen LogP contribution is 2.39. The van der Waals surface area contributed by atoms with E-state index in [1.165, 1.54) is 0 Å². The van der Waals surface area contributed by atoms with Crippen LogP contribution in [0.5, 0.6) is 0 Å². The molecule has 0 heterocycles. The summed E-state index contributed by atoms with van der Waals surface area (Å²) in [5.41, 5.74) is 0. The Kier molecular flexibility index (Phi) is 11.4. The summed E-state index contributed by atoms with van der Waals surface area (Å²) in [6.07, 6.45) is 8.00. The van der Waals surface area contributed by atoms with Crippen molar-refractivity contribution < 1.29 is 9.26 Å². The smallest absolute Gasteiger partial charge is 0.147 e. The van der Waals surface area contributed by atoms with Gasteiger partial charge in [-0.05, 0) is 7.05 Å². The minimum Gasteiger partial charge on any atom is -0.382 e. The van der Waals surface area contributed by atoms with Gasteiger partial charge in [0, 0.05) is 20.8 Å². The Morgan fingerprint density at radius 3 is 2.23 bits per heavy atom. The van der Waals surface area contributed by atoms with Gasteiger partial charge in [0.1, 0.15) is 7.43 Å². The molecule has 13 heavy (non-hydrogen) atoms. The standard InChI is InChI=1S/C6H17N2O2P.C2H2/c1-7-11(4,8-2)10-6-5-9-3;1-2/h7H,5-6H2,1-4H3;1-2H. The molecule has 4 nitrogen and oxygen atoms in total. The van der Waals surface area contributed by atoms with Crippen LogP contribution in [0.25, 0.3) is 0 Å². The van der Waals surface area contributed by atoms with Crippen LogP contribution in [0, 0.1) is 12.8 Å². The summed E-state index contributed by atoms with van der Waals surface area (Å²) >= 11 is 0. The molecule has 0 aromatic heterocycles. The monoisotopic (exact) mass is 206 g/mol. The van der Waals surface area contributed by atoms with E-state index in [2.05, 4.69) is 22.7 Å². The second kappa shape index (κ2) is 9.76. The average Bonchev–Trinajstić information content (AvgIpc) is 2.21. The van der Waals surface area contributed by atoms with Gasteiger partial charge < -0.3 is 9.26 Å². The molecule has 0 aromatic carbocycles. The second-order valence-electron chi connectivity index (χ2n) is 2.13. The first-order valence-corrected chi connectivity index (χ1v) is 5.93. The van der Waals surface area contributed by atoms with Crippen molar-refractivity contribution in [2.24, 2.45) is 4.74 Å². The Bertz CT molecular complexity index is 180. The summed E-state index contributed by atoms with van der Waals surface area (Å²) < 4.78 is 14.5. The lowest BCUT2D eigenvalue weighted by molar-refractivity contribution is 0.151. The molecule has 0 amide bonds. The molecule has 0 aromatic rings. The predicted molar refractivity (Wildman–Crippen MR) is 58.0 cm³/mol. The lowest BCUT2D eigenvalue weighted by Gasteiger charge is -2.17. The third kappa shape index (κ3) is 8.01. The molecule has 0 spiro atoms. The maximum Gasteiger partial charge on any atom is 0.147 e. The Morgan fingerprint density at radius 1 is 1.38 bits per heavy atom. The molecule has 0 fully saturated rings. The molecule has 0 rings (SSSR count). The first-order chi connectivity index (χ1) is 6.18. The Morgan fingerprint density at radius 2 is 1.92 bits per heavy atom. The number of nitrogens with zero attached hydrogens (tertiary/aromatic N) is 1. The van der Waals surface area contributed by atoms with Crippen LogP contribution in [0.3, 0.4) is 0 Å². The highest BCUT2D eigenvalue weighted by Gasteiger charge is 2.07. The second-order valence-corrected chi connectivity index (χ2v) is 4.99. The van der Waals surface area contributed by atoms with Crippen LogP contribution in [0.1, 0.15) is 0 Å². The van der Waals surface area contributed by atoms with Crippen molar-refractivity contribution in [3.05, 3.63) is 0 Å². The van der Waals surface area contributed by atoms with Gasteiger partial charge in [-0.1, -0.05) is 0 Å². The van der Waals surface area contributed by atoms with Gasteiger partial charge in [-0.15, -0.1) is 12.8 Å². The van der Waals surface area contributed by atoms with E-state index in [0.29, 0.717) is 13.2 Å². The van der Waals surface area contributed by atoms with Crippen molar-refractivity contribution in [1.82, 2.24) is 5.09 Å². The van der Waals surface area contributed by atoms with Gasteiger partial charge in [-0.3, -0.25) is 9.83 Å². The number of nitrogens with one attached hydrogen (secondary N) is 1. The van der Waals surface area contributed by atoms with E-state index >= 15 is 0 Å². The van der Waals surface area contributed by atoms with Crippen LogP contribution in [0.4, 0.5) is 0 Å². The van der Waals surface area contributed by atoms with Crippen LogP contribution >= 0.6 is 7.43 Å². The molecule has 78 valence electrons. The predicted octanol–water partition coefficient (Wildman–Crippen LogP) is 1.41. The molecular weight excluding hydrogens is 187 g/mol. The molecule has 0 aliphatic carbocycles. The lowest BCUT2D eigenvalue weighted by Crippen LogP contribution is -2.08. The fourth-order valence-corrected chi connectivity index (χ4v) is 1.40. The first kappa shape index (κ1) is 15.2. The van der Waals surface area contributed by atoms with E-state index in [9.17, 15) is 0 Å². The van der Waals surface area contributed by atoms with Gasteiger partial charge in [0.25, 0.3) is 0 Å². The van der Waals surface area contributed by atoms with Crippen LogP contribution < -0.4 is 5.09 Å². The molecule has 0 bridgehead atoms. The van der Waals surface area contributed by atoms with E-state index in [1.807, 2.05) is 13.7 Å². The third-order valence-corrected chi connectivity index (χ3v) is 3.71. The van der Waals surface area contributed by atoms with Crippen molar-refractivity contribution in [1.29, 1.82) is 0 Å². The zero-order valence-corrected chi connectivity index (χ0v) is 9.67. The van der Waals surface area contributed by atoms with Crippen molar-refractivity contribution in [2.75, 3.05) is 41.1 Å². The van der Waals surface area contributed by atoms with Gasteiger partial charge in [0.05, 0.1) is 13.2 Å². The molecular formula is C8H19N2O2P. The topological polar surface area (TPSA) is 42.9 Å². The number of methoxy groups -OCH3 is 1. The number of terminal acetylenes is 1. The van der Waals surface area contributed by atoms with Crippen LogP contribution in [0.2, 0.25) is 0 Å². The average molecular weight is 206 g/mol. The summed E-state index contributed by atoms with van der Waals surface area (Å²) in [6, 6.07) is 0. The number of ether oxygens (including phenoxy) is 1. The Balaban J connectivity index is 0. The zero-order valence-electron chi connectivity index (χ0n) is 8.78. The van der Waals surface area contributed by atoms with Crippen molar-refractivity contribution in [3.8, 4) is 12.8 Å².